The molecule has 0 fully saturated rings. The number of carboxylic acid groups (broad SMARTS) is 2. The molecule has 32 heavy (non-hydrogen) atoms. The van der Waals surface area contributed by atoms with E-state index >= 15 is 0 Å². The van der Waals surface area contributed by atoms with E-state index in [-0.39, 0.29) is 72.0 Å². The fourth-order valence-corrected chi connectivity index (χ4v) is 5.21. The molecule has 0 aliphatic carbocycles. The molecular formula is C22H40Na2O7S. The summed E-state index contributed by atoms with van der Waals surface area (Å²) < 4.78 is 31.1. The van der Waals surface area contributed by atoms with Gasteiger partial charge in [-0.2, -0.15) is 8.42 Å². The smallest absolute Gasteiger partial charge is 0.550 e. The Morgan fingerprint density at radius 2 is 1.12 bits per heavy atom. The fourth-order valence-electron chi connectivity index (χ4n) is 4.02. The Hall–Kier alpha value is 0.850. The first kappa shape index (κ1) is 37.4. The fraction of sp³-hybridized carbons (Fsp3) is 0.909. The van der Waals surface area contributed by atoms with Gasteiger partial charge in [0.2, 0.25) is 0 Å². The molecule has 0 saturated heterocycles. The van der Waals surface area contributed by atoms with Crippen LogP contribution in [0.5, 0.6) is 0 Å². The van der Waals surface area contributed by atoms with Gasteiger partial charge in [-0.15, -0.1) is 0 Å². The van der Waals surface area contributed by atoms with Crippen molar-refractivity contribution < 1.29 is 91.9 Å². The SMILES string of the molecule is CCCCCCCCCC(C(=O)[O-])C(CCCCCCCCC)(C(=O)[O-])S(=O)(=O)O.[Na+].[Na+]. The molecule has 0 rings (SSSR count). The van der Waals surface area contributed by atoms with E-state index in [4.69, 9.17) is 0 Å². The van der Waals surface area contributed by atoms with Crippen LogP contribution in [-0.2, 0) is 19.7 Å². The molecule has 0 bridgehead atoms. The molecule has 2 unspecified atom stereocenters. The van der Waals surface area contributed by atoms with Crippen molar-refractivity contribution in [1.29, 1.82) is 0 Å². The maximum atomic E-state index is 12.1. The standard InChI is InChI=1S/C22H42O7S.2Na/c1-3-5-7-9-11-13-15-17-19(20(23)24)22(21(25)26,30(27,28)29)18-16-14-12-10-8-6-4-2;;/h19H,3-18H2,1-2H3,(H,23,24)(H,25,26)(H,27,28,29);;/q;2*+1/p-2. The quantitative estimate of drug-likeness (QED) is 0.108. The minimum absolute atomic E-state index is 0. The molecule has 0 aromatic heterocycles. The van der Waals surface area contributed by atoms with Gasteiger partial charge in [0.25, 0.3) is 10.1 Å². The van der Waals surface area contributed by atoms with Crippen molar-refractivity contribution >= 4 is 22.1 Å². The number of carbonyl (C=O) groups excluding carboxylic acids is 2. The first-order valence-corrected chi connectivity index (χ1v) is 13.0. The molecule has 7 nitrogen and oxygen atoms in total. The third-order valence-corrected chi connectivity index (χ3v) is 7.48. The molecule has 2 atom stereocenters. The largest absolute Gasteiger partial charge is 1.00 e. The van der Waals surface area contributed by atoms with E-state index < -0.39 is 39.1 Å². The van der Waals surface area contributed by atoms with Crippen LogP contribution in [0.15, 0.2) is 0 Å². The Balaban J connectivity index is -0.00000420. The summed E-state index contributed by atoms with van der Waals surface area (Å²) in [5.41, 5.74) is 0. The number of unbranched alkanes of at least 4 members (excludes halogenated alkanes) is 12. The minimum Gasteiger partial charge on any atom is -0.550 e. The zero-order valence-corrected chi connectivity index (χ0v) is 25.5. The van der Waals surface area contributed by atoms with Crippen LogP contribution in [0.25, 0.3) is 0 Å². The van der Waals surface area contributed by atoms with Crippen LogP contribution >= 0.6 is 0 Å². The van der Waals surface area contributed by atoms with Crippen LogP contribution in [0.1, 0.15) is 117 Å². The number of carbonyl (C=O) groups is 2. The van der Waals surface area contributed by atoms with Gasteiger partial charge < -0.3 is 19.8 Å². The van der Waals surface area contributed by atoms with E-state index in [0.717, 1.165) is 64.2 Å². The Bertz CT molecular complexity index is 599. The van der Waals surface area contributed by atoms with Gasteiger partial charge in [-0.25, -0.2) is 0 Å². The van der Waals surface area contributed by atoms with Crippen LogP contribution in [-0.4, -0.2) is 29.7 Å². The summed E-state index contributed by atoms with van der Waals surface area (Å²) in [7, 11) is -5.21. The van der Waals surface area contributed by atoms with Gasteiger partial charge in [-0.1, -0.05) is 104 Å². The minimum atomic E-state index is -5.21. The van der Waals surface area contributed by atoms with Crippen molar-refractivity contribution in [3.63, 3.8) is 0 Å². The Labute approximate surface area is 239 Å². The van der Waals surface area contributed by atoms with Crippen LogP contribution in [0, 0.1) is 5.92 Å². The molecule has 0 radical (unpaired) electrons. The van der Waals surface area contributed by atoms with Crippen LogP contribution < -0.4 is 69.3 Å². The molecule has 0 aliphatic rings. The molecular weight excluding hydrogens is 454 g/mol. The van der Waals surface area contributed by atoms with Crippen molar-refractivity contribution in [3.05, 3.63) is 0 Å². The average molecular weight is 495 g/mol. The zero-order chi connectivity index (χ0) is 23.0. The second-order valence-electron chi connectivity index (χ2n) is 8.30. The van der Waals surface area contributed by atoms with Crippen LogP contribution in [0.4, 0.5) is 0 Å². The van der Waals surface area contributed by atoms with Gasteiger partial charge in [0.15, 0.2) is 0 Å². The van der Waals surface area contributed by atoms with Gasteiger partial charge >= 0.3 is 59.1 Å². The summed E-state index contributed by atoms with van der Waals surface area (Å²) in [6.45, 7) is 4.19. The summed E-state index contributed by atoms with van der Waals surface area (Å²) in [6, 6.07) is 0. The molecule has 0 heterocycles. The second-order valence-corrected chi connectivity index (χ2v) is 9.98. The first-order chi connectivity index (χ1) is 14.1. The third-order valence-electron chi connectivity index (χ3n) is 5.90. The van der Waals surface area contributed by atoms with Crippen molar-refractivity contribution in [1.82, 2.24) is 0 Å². The Morgan fingerprint density at radius 3 is 1.47 bits per heavy atom. The maximum absolute atomic E-state index is 12.1. The number of aliphatic carboxylic acids is 2. The molecule has 0 amide bonds. The molecule has 0 aliphatic heterocycles. The molecule has 0 spiro atoms. The van der Waals surface area contributed by atoms with E-state index in [1.54, 1.807) is 0 Å². The molecule has 0 saturated carbocycles. The molecule has 0 aromatic carbocycles. The van der Waals surface area contributed by atoms with Crippen LogP contribution in [0.3, 0.4) is 0 Å². The predicted molar refractivity (Wildman–Crippen MR) is 113 cm³/mol. The van der Waals surface area contributed by atoms with E-state index in [1.807, 2.05) is 0 Å². The molecule has 10 heteroatoms. The van der Waals surface area contributed by atoms with Gasteiger partial charge in [-0.3, -0.25) is 4.55 Å². The summed E-state index contributed by atoms with van der Waals surface area (Å²) in [5, 5.41) is 23.6. The zero-order valence-electron chi connectivity index (χ0n) is 20.7. The summed E-state index contributed by atoms with van der Waals surface area (Å²) in [6.07, 6.45) is 11.2. The third kappa shape index (κ3) is 13.7. The van der Waals surface area contributed by atoms with Gasteiger partial charge in [0.05, 0.1) is 5.97 Å². The normalized spacial score (nSPS) is 14.0. The molecule has 1 N–H and O–H groups in total. The van der Waals surface area contributed by atoms with Gasteiger partial charge in [0, 0.05) is 11.9 Å². The number of carboxylic acids is 2. The topological polar surface area (TPSA) is 135 Å². The van der Waals surface area contributed by atoms with E-state index in [0.29, 0.717) is 19.3 Å². The summed E-state index contributed by atoms with van der Waals surface area (Å²) in [4.78, 5) is 23.6. The Kier molecular flexibility index (Phi) is 24.7. The Morgan fingerprint density at radius 1 is 0.750 bits per heavy atom. The van der Waals surface area contributed by atoms with Gasteiger partial charge in [0.1, 0.15) is 4.75 Å². The van der Waals surface area contributed by atoms with Crippen molar-refractivity contribution in [3.8, 4) is 0 Å². The van der Waals surface area contributed by atoms with Crippen molar-refractivity contribution in [2.75, 3.05) is 0 Å². The average Bonchev–Trinajstić information content (AvgIpc) is 2.65. The number of hydrogen-bond acceptors (Lipinski definition) is 6. The van der Waals surface area contributed by atoms with Crippen LogP contribution in [0.2, 0.25) is 0 Å². The van der Waals surface area contributed by atoms with Crippen molar-refractivity contribution in [2.24, 2.45) is 5.92 Å². The monoisotopic (exact) mass is 494 g/mol. The predicted octanol–water partition coefficient (Wildman–Crippen LogP) is -2.98. The summed E-state index contributed by atoms with van der Waals surface area (Å²) in [5.74, 6) is -5.67. The van der Waals surface area contributed by atoms with E-state index in [1.165, 1.54) is 0 Å². The molecule has 0 aromatic rings. The molecule has 178 valence electrons. The van der Waals surface area contributed by atoms with Crippen molar-refractivity contribution in [2.45, 2.75) is 121 Å². The number of rotatable bonds is 20. The number of hydrogen-bond donors (Lipinski definition) is 1. The first-order valence-electron chi connectivity index (χ1n) is 11.5. The summed E-state index contributed by atoms with van der Waals surface area (Å²) >= 11 is 0. The van der Waals surface area contributed by atoms with E-state index in [2.05, 4.69) is 13.8 Å². The maximum Gasteiger partial charge on any atom is 1.00 e. The van der Waals surface area contributed by atoms with E-state index in [9.17, 15) is 32.8 Å². The second kappa shape index (κ2) is 21.2. The van der Waals surface area contributed by atoms with Gasteiger partial charge in [-0.05, 0) is 12.8 Å².